The average Bonchev–Trinajstić information content (AvgIpc) is 2.46. The summed E-state index contributed by atoms with van der Waals surface area (Å²) in [5, 5.41) is 0. The molecule has 3 N–H and O–H groups in total. The van der Waals surface area contributed by atoms with E-state index in [4.69, 9.17) is 5.73 Å². The van der Waals surface area contributed by atoms with Crippen molar-refractivity contribution in [3.8, 4) is 0 Å². The van der Waals surface area contributed by atoms with Crippen molar-refractivity contribution in [1.29, 1.82) is 0 Å². The van der Waals surface area contributed by atoms with E-state index in [2.05, 4.69) is 14.7 Å². The van der Waals surface area contributed by atoms with E-state index in [1.165, 1.54) is 12.1 Å². The molecule has 0 aliphatic heterocycles. The third-order valence-electron chi connectivity index (χ3n) is 2.71. The number of aliphatic imine (C=N–C) groups is 1. The largest absolute Gasteiger partial charge is 0.369 e. The van der Waals surface area contributed by atoms with E-state index in [0.29, 0.717) is 5.69 Å². The van der Waals surface area contributed by atoms with Crippen molar-refractivity contribution in [2.75, 3.05) is 0 Å². The van der Waals surface area contributed by atoms with Crippen LogP contribution in [0.1, 0.15) is 11.3 Å². The first kappa shape index (κ1) is 15.0. The molecule has 2 aromatic rings. The molecule has 0 radical (unpaired) electrons. The van der Waals surface area contributed by atoms with Gasteiger partial charge in [-0.1, -0.05) is 23.8 Å². The molecule has 0 aliphatic rings. The zero-order chi connectivity index (χ0) is 15.3. The Balaban J connectivity index is 2.07. The topological polar surface area (TPSA) is 97.4 Å². The molecular formula is C14H16N4O2S. The Bertz CT molecular complexity index is 725. The number of guanidine groups is 1. The quantitative estimate of drug-likeness (QED) is 0.654. The van der Waals surface area contributed by atoms with E-state index in [9.17, 15) is 8.42 Å². The van der Waals surface area contributed by atoms with Gasteiger partial charge in [-0.2, -0.15) is 0 Å². The van der Waals surface area contributed by atoms with Crippen molar-refractivity contribution >= 4 is 16.0 Å². The van der Waals surface area contributed by atoms with E-state index in [0.717, 1.165) is 5.56 Å². The number of nitrogens with two attached hydrogens (primary N) is 1. The number of aromatic nitrogens is 1. The molecule has 21 heavy (non-hydrogen) atoms. The number of benzene rings is 1. The van der Waals surface area contributed by atoms with Crippen molar-refractivity contribution in [2.24, 2.45) is 10.7 Å². The van der Waals surface area contributed by atoms with Crippen LogP contribution in [0.4, 0.5) is 0 Å². The number of hydrogen-bond acceptors (Lipinski definition) is 4. The number of rotatable bonds is 4. The molecule has 0 saturated heterocycles. The highest BCUT2D eigenvalue weighted by molar-refractivity contribution is 7.90. The van der Waals surface area contributed by atoms with Gasteiger partial charge in [0, 0.05) is 6.20 Å². The summed E-state index contributed by atoms with van der Waals surface area (Å²) in [6.45, 7) is 2.09. The zero-order valence-corrected chi connectivity index (χ0v) is 12.3. The molecule has 0 unspecified atom stereocenters. The van der Waals surface area contributed by atoms with Crippen LogP contribution in [0.2, 0.25) is 0 Å². The maximum absolute atomic E-state index is 12.1. The number of nitrogens with zero attached hydrogens (tertiary/aromatic N) is 2. The van der Waals surface area contributed by atoms with Crippen LogP contribution in [0.3, 0.4) is 0 Å². The summed E-state index contributed by atoms with van der Waals surface area (Å²) in [4.78, 5) is 8.18. The normalized spacial score (nSPS) is 12.1. The van der Waals surface area contributed by atoms with Gasteiger partial charge in [-0.05, 0) is 31.2 Å². The fraction of sp³-hybridized carbons (Fsp3) is 0.143. The summed E-state index contributed by atoms with van der Waals surface area (Å²) in [5.41, 5.74) is 7.29. The van der Waals surface area contributed by atoms with Gasteiger partial charge in [0.2, 0.25) is 5.96 Å². The first-order valence-electron chi connectivity index (χ1n) is 6.27. The SMILES string of the molecule is Cc1ccc(S(=O)(=O)NC(N)=NCc2ccccn2)cc1. The van der Waals surface area contributed by atoms with E-state index >= 15 is 0 Å². The molecule has 1 heterocycles. The van der Waals surface area contributed by atoms with Crippen molar-refractivity contribution in [3.63, 3.8) is 0 Å². The first-order valence-corrected chi connectivity index (χ1v) is 7.75. The lowest BCUT2D eigenvalue weighted by Gasteiger charge is -2.07. The van der Waals surface area contributed by atoms with E-state index in [-0.39, 0.29) is 17.4 Å². The van der Waals surface area contributed by atoms with Crippen LogP contribution in [-0.4, -0.2) is 19.4 Å². The van der Waals surface area contributed by atoms with Gasteiger partial charge < -0.3 is 5.73 Å². The number of aryl methyl sites for hydroxylation is 1. The third-order valence-corrected chi connectivity index (χ3v) is 4.08. The van der Waals surface area contributed by atoms with Gasteiger partial charge in [-0.3, -0.25) is 4.98 Å². The minimum Gasteiger partial charge on any atom is -0.369 e. The molecule has 0 fully saturated rings. The molecule has 2 rings (SSSR count). The van der Waals surface area contributed by atoms with E-state index in [1.54, 1.807) is 30.5 Å². The van der Waals surface area contributed by atoms with Crippen LogP contribution < -0.4 is 10.5 Å². The fourth-order valence-electron chi connectivity index (χ4n) is 1.60. The summed E-state index contributed by atoms with van der Waals surface area (Å²) >= 11 is 0. The van der Waals surface area contributed by atoms with Gasteiger partial charge in [-0.25, -0.2) is 18.1 Å². The lowest BCUT2D eigenvalue weighted by molar-refractivity contribution is 0.592. The van der Waals surface area contributed by atoms with Crippen LogP contribution in [0, 0.1) is 6.92 Å². The highest BCUT2D eigenvalue weighted by Gasteiger charge is 2.14. The van der Waals surface area contributed by atoms with Crippen LogP contribution in [0.25, 0.3) is 0 Å². The van der Waals surface area contributed by atoms with Crippen molar-refractivity contribution < 1.29 is 8.42 Å². The molecule has 1 aromatic heterocycles. The highest BCUT2D eigenvalue weighted by Crippen LogP contribution is 2.09. The molecule has 7 heteroatoms. The van der Waals surface area contributed by atoms with Crippen LogP contribution in [0.15, 0.2) is 58.5 Å². The minimum atomic E-state index is -3.71. The second-order valence-corrected chi connectivity index (χ2v) is 6.12. The first-order chi connectivity index (χ1) is 9.97. The van der Waals surface area contributed by atoms with Gasteiger partial charge in [0.1, 0.15) is 0 Å². The summed E-state index contributed by atoms with van der Waals surface area (Å²) in [5.74, 6) is -0.166. The average molecular weight is 304 g/mol. The maximum atomic E-state index is 12.1. The van der Waals surface area contributed by atoms with Gasteiger partial charge >= 0.3 is 0 Å². The number of sulfonamides is 1. The van der Waals surface area contributed by atoms with Crippen LogP contribution in [0.5, 0.6) is 0 Å². The third kappa shape index (κ3) is 4.28. The second-order valence-electron chi connectivity index (χ2n) is 4.44. The fourth-order valence-corrected chi connectivity index (χ4v) is 2.56. The van der Waals surface area contributed by atoms with Crippen molar-refractivity contribution in [2.45, 2.75) is 18.4 Å². The Hall–Kier alpha value is -2.41. The van der Waals surface area contributed by atoms with Crippen molar-refractivity contribution in [3.05, 3.63) is 59.9 Å². The number of hydrogen-bond donors (Lipinski definition) is 2. The Morgan fingerprint density at radius 1 is 1.24 bits per heavy atom. The van der Waals surface area contributed by atoms with Gasteiger partial charge in [0.25, 0.3) is 10.0 Å². The van der Waals surface area contributed by atoms with Crippen LogP contribution >= 0.6 is 0 Å². The maximum Gasteiger partial charge on any atom is 0.264 e. The van der Waals surface area contributed by atoms with Crippen molar-refractivity contribution in [1.82, 2.24) is 9.71 Å². The molecule has 0 saturated carbocycles. The predicted molar refractivity (Wildman–Crippen MR) is 81.1 cm³/mol. The van der Waals surface area contributed by atoms with E-state index < -0.39 is 10.0 Å². The summed E-state index contributed by atoms with van der Waals surface area (Å²) < 4.78 is 26.4. The van der Waals surface area contributed by atoms with Gasteiger partial charge in [0.15, 0.2) is 0 Å². The Labute approximate surface area is 123 Å². The molecule has 110 valence electrons. The predicted octanol–water partition coefficient (Wildman–Crippen LogP) is 1.18. The molecule has 0 bridgehead atoms. The molecule has 0 spiro atoms. The van der Waals surface area contributed by atoms with Gasteiger partial charge in [-0.15, -0.1) is 0 Å². The smallest absolute Gasteiger partial charge is 0.264 e. The molecule has 0 amide bonds. The summed E-state index contributed by atoms with van der Waals surface area (Å²) in [6.07, 6.45) is 1.64. The highest BCUT2D eigenvalue weighted by atomic mass is 32.2. The van der Waals surface area contributed by atoms with Crippen LogP contribution in [-0.2, 0) is 16.6 Å². The monoisotopic (exact) mass is 304 g/mol. The number of pyridine rings is 1. The standard InChI is InChI=1S/C14H16N4O2S/c1-11-5-7-13(8-6-11)21(19,20)18-14(15)17-10-12-4-2-3-9-16-12/h2-9H,10H2,1H3,(H3,15,17,18). The minimum absolute atomic E-state index is 0.143. The lowest BCUT2D eigenvalue weighted by atomic mass is 10.2. The Morgan fingerprint density at radius 2 is 1.95 bits per heavy atom. The summed E-state index contributed by atoms with van der Waals surface area (Å²) in [6, 6.07) is 11.9. The molecule has 1 aromatic carbocycles. The number of nitrogens with one attached hydrogen (secondary N) is 1. The molecule has 0 atom stereocenters. The van der Waals surface area contributed by atoms with Gasteiger partial charge in [0.05, 0.1) is 17.1 Å². The lowest BCUT2D eigenvalue weighted by Crippen LogP contribution is -2.36. The molecule has 6 nitrogen and oxygen atoms in total. The molecular weight excluding hydrogens is 288 g/mol. The summed E-state index contributed by atoms with van der Waals surface area (Å²) in [7, 11) is -3.71. The van der Waals surface area contributed by atoms with E-state index in [1.807, 2.05) is 13.0 Å². The Morgan fingerprint density at radius 3 is 2.57 bits per heavy atom. The Kier molecular flexibility index (Phi) is 4.54. The molecule has 0 aliphatic carbocycles. The second kappa shape index (κ2) is 6.36. The zero-order valence-electron chi connectivity index (χ0n) is 11.5.